The molecule has 0 saturated carbocycles. The van der Waals surface area contributed by atoms with Crippen molar-refractivity contribution in [3.8, 4) is 11.5 Å². The number of fused-ring (bicyclic) bond motifs is 1. The number of aliphatic imine (C=N–C) groups is 1. The van der Waals surface area contributed by atoms with Gasteiger partial charge in [-0.15, -0.1) is 0 Å². The fourth-order valence-corrected chi connectivity index (χ4v) is 6.99. The molecule has 4 nitrogen and oxygen atoms in total. The summed E-state index contributed by atoms with van der Waals surface area (Å²) >= 11 is 0. The van der Waals surface area contributed by atoms with E-state index in [4.69, 9.17) is 19.2 Å². The van der Waals surface area contributed by atoms with Crippen LogP contribution >= 0.6 is 7.92 Å². The first-order chi connectivity index (χ1) is 12.1. The van der Waals surface area contributed by atoms with Crippen LogP contribution in [0.2, 0.25) is 0 Å². The summed E-state index contributed by atoms with van der Waals surface area (Å²) in [7, 11) is 1.10. The number of nitrogens with zero attached hydrogens (tertiary/aromatic N) is 1. The largest absolute Gasteiger partial charge is 0.496 e. The van der Waals surface area contributed by atoms with Crippen LogP contribution in [0, 0.1) is 11.3 Å². The molecule has 0 saturated heterocycles. The van der Waals surface area contributed by atoms with E-state index in [0.29, 0.717) is 12.5 Å². The second-order valence-electron chi connectivity index (χ2n) is 9.10. The van der Waals surface area contributed by atoms with Gasteiger partial charge < -0.3 is 14.2 Å². The lowest BCUT2D eigenvalue weighted by Crippen LogP contribution is -2.41. The minimum Gasteiger partial charge on any atom is -0.496 e. The minimum atomic E-state index is -0.634. The second kappa shape index (κ2) is 6.71. The van der Waals surface area contributed by atoms with Gasteiger partial charge in [0.1, 0.15) is 24.0 Å². The smallest absolute Gasteiger partial charge is 0.193 e. The molecule has 0 N–H and O–H groups in total. The van der Waals surface area contributed by atoms with E-state index in [2.05, 4.69) is 54.5 Å². The number of rotatable bonds is 4. The Labute approximate surface area is 159 Å². The lowest BCUT2D eigenvalue weighted by atomic mass is 9.94. The molecular formula is C21H32NO3P. The van der Waals surface area contributed by atoms with Crippen molar-refractivity contribution in [3.63, 3.8) is 0 Å². The molecule has 0 amide bonds. The summed E-state index contributed by atoms with van der Waals surface area (Å²) in [5.74, 6) is 3.20. The van der Waals surface area contributed by atoms with Crippen LogP contribution in [0.1, 0.15) is 48.5 Å². The zero-order chi connectivity index (χ0) is 19.3. The summed E-state index contributed by atoms with van der Waals surface area (Å²) in [4.78, 5) is 4.92. The third-order valence-corrected chi connectivity index (χ3v) is 8.82. The predicted octanol–water partition coefficient (Wildman–Crippen LogP) is 4.80. The number of hydrogen-bond donors (Lipinski definition) is 0. The van der Waals surface area contributed by atoms with Gasteiger partial charge in [0.25, 0.3) is 0 Å². The molecule has 26 heavy (non-hydrogen) atoms. The van der Waals surface area contributed by atoms with Gasteiger partial charge in [-0.3, -0.25) is 0 Å². The normalized spacial score (nSPS) is 25.6. The molecule has 0 aromatic heterocycles. The van der Waals surface area contributed by atoms with Crippen molar-refractivity contribution in [2.24, 2.45) is 16.3 Å². The summed E-state index contributed by atoms with van der Waals surface area (Å²) < 4.78 is 18.3. The van der Waals surface area contributed by atoms with Crippen molar-refractivity contribution in [1.29, 1.82) is 0 Å². The van der Waals surface area contributed by atoms with Crippen LogP contribution in [0.5, 0.6) is 11.5 Å². The molecule has 2 aliphatic rings. The van der Waals surface area contributed by atoms with E-state index in [1.54, 1.807) is 7.11 Å². The molecule has 1 aromatic carbocycles. The van der Waals surface area contributed by atoms with Crippen molar-refractivity contribution < 1.29 is 14.2 Å². The van der Waals surface area contributed by atoms with Crippen LogP contribution in [0.3, 0.4) is 0 Å². The molecule has 0 bridgehead atoms. The summed E-state index contributed by atoms with van der Waals surface area (Å²) in [6, 6.07) is 6.34. The lowest BCUT2D eigenvalue weighted by Gasteiger charge is -2.39. The molecule has 0 spiro atoms. The zero-order valence-corrected chi connectivity index (χ0v) is 18.2. The fraction of sp³-hybridized carbons (Fsp3) is 0.667. The van der Waals surface area contributed by atoms with Crippen molar-refractivity contribution in [2.45, 2.75) is 65.5 Å². The van der Waals surface area contributed by atoms with E-state index in [-0.39, 0.29) is 22.5 Å². The molecule has 144 valence electrons. The van der Waals surface area contributed by atoms with Gasteiger partial charge >= 0.3 is 0 Å². The Hall–Kier alpha value is -1.28. The first-order valence-electron chi connectivity index (χ1n) is 9.41. The highest BCUT2D eigenvalue weighted by molar-refractivity contribution is 7.68. The van der Waals surface area contributed by atoms with Crippen LogP contribution in [-0.2, 0) is 4.74 Å². The fourth-order valence-electron chi connectivity index (χ4n) is 3.64. The quantitative estimate of drug-likeness (QED) is 0.708. The van der Waals surface area contributed by atoms with Gasteiger partial charge in [-0.25, -0.2) is 4.99 Å². The molecule has 0 fully saturated rings. The zero-order valence-electron chi connectivity index (χ0n) is 17.3. The standard InChI is InChI=1S/C21H32NO3P/c1-13(2)14-12-24-18(22-14)21(6,7)19-25-16-11-9-10-15(23-8)17(16)26(19)20(3,4)5/h9-11,13-14,19H,12H2,1-8H3/t14-,19+,26-/m1/s1. The Kier molecular flexibility index (Phi) is 5.03. The summed E-state index contributed by atoms with van der Waals surface area (Å²) in [5.41, 5.74) is -0.299. The maximum absolute atomic E-state index is 6.55. The SMILES string of the molecule is COc1cccc2c1[P@@](C(C)(C)C)[C@@H](C(C)(C)C1=N[C@@H](C(C)C)CO1)O2. The molecule has 0 aliphatic carbocycles. The summed E-state index contributed by atoms with van der Waals surface area (Å²) in [6.45, 7) is 16.4. The topological polar surface area (TPSA) is 40.0 Å². The molecule has 3 rings (SSSR count). The average molecular weight is 377 g/mol. The van der Waals surface area contributed by atoms with Gasteiger partial charge in [-0.2, -0.15) is 0 Å². The van der Waals surface area contributed by atoms with Crippen LogP contribution in [0.15, 0.2) is 23.2 Å². The Balaban J connectivity index is 2.03. The number of ether oxygens (including phenoxy) is 3. The third kappa shape index (κ3) is 3.22. The lowest BCUT2D eigenvalue weighted by molar-refractivity contribution is 0.172. The third-order valence-electron chi connectivity index (χ3n) is 5.23. The van der Waals surface area contributed by atoms with Gasteiger partial charge in [-0.1, -0.05) is 40.7 Å². The summed E-state index contributed by atoms with van der Waals surface area (Å²) in [6.07, 6.45) is 0. The average Bonchev–Trinajstić information content (AvgIpc) is 3.19. The molecule has 0 unspecified atom stereocenters. The molecular weight excluding hydrogens is 345 g/mol. The van der Waals surface area contributed by atoms with E-state index in [1.165, 1.54) is 5.30 Å². The Morgan fingerprint density at radius 3 is 2.42 bits per heavy atom. The molecule has 0 radical (unpaired) electrons. The van der Waals surface area contributed by atoms with E-state index in [1.807, 2.05) is 12.1 Å². The predicted molar refractivity (Wildman–Crippen MR) is 110 cm³/mol. The Bertz CT molecular complexity index is 706. The molecule has 5 heteroatoms. The van der Waals surface area contributed by atoms with Gasteiger partial charge in [-0.05, 0) is 45.0 Å². The molecule has 1 aromatic rings. The Morgan fingerprint density at radius 2 is 1.88 bits per heavy atom. The second-order valence-corrected chi connectivity index (χ2v) is 12.1. The monoisotopic (exact) mass is 377 g/mol. The molecule has 2 aliphatic heterocycles. The van der Waals surface area contributed by atoms with E-state index in [9.17, 15) is 0 Å². The van der Waals surface area contributed by atoms with Gasteiger partial charge in [0.05, 0.1) is 23.9 Å². The highest BCUT2D eigenvalue weighted by Crippen LogP contribution is 2.64. The number of benzene rings is 1. The van der Waals surface area contributed by atoms with Crippen LogP contribution in [0.25, 0.3) is 0 Å². The first-order valence-corrected chi connectivity index (χ1v) is 10.8. The van der Waals surface area contributed by atoms with Crippen molar-refractivity contribution in [2.75, 3.05) is 13.7 Å². The van der Waals surface area contributed by atoms with E-state index >= 15 is 0 Å². The van der Waals surface area contributed by atoms with E-state index < -0.39 is 7.92 Å². The van der Waals surface area contributed by atoms with E-state index in [0.717, 1.165) is 17.4 Å². The van der Waals surface area contributed by atoms with Crippen molar-refractivity contribution in [3.05, 3.63) is 18.2 Å². The van der Waals surface area contributed by atoms with Gasteiger partial charge in [0.2, 0.25) is 0 Å². The molecule has 3 atom stereocenters. The van der Waals surface area contributed by atoms with Crippen molar-refractivity contribution in [1.82, 2.24) is 0 Å². The van der Waals surface area contributed by atoms with Gasteiger partial charge in [0.15, 0.2) is 5.90 Å². The van der Waals surface area contributed by atoms with Crippen LogP contribution in [0.4, 0.5) is 0 Å². The first kappa shape index (κ1) is 19.5. The minimum absolute atomic E-state index is 0.00784. The highest BCUT2D eigenvalue weighted by Gasteiger charge is 2.53. The van der Waals surface area contributed by atoms with Gasteiger partial charge in [0, 0.05) is 0 Å². The molecule has 2 heterocycles. The Morgan fingerprint density at radius 1 is 1.19 bits per heavy atom. The van der Waals surface area contributed by atoms with Crippen LogP contribution in [-0.4, -0.2) is 36.7 Å². The summed E-state index contributed by atoms with van der Waals surface area (Å²) in [5, 5.41) is 1.31. The number of hydrogen-bond acceptors (Lipinski definition) is 4. The maximum atomic E-state index is 6.55. The van der Waals surface area contributed by atoms with Crippen LogP contribution < -0.4 is 14.8 Å². The highest BCUT2D eigenvalue weighted by atomic mass is 31.1. The maximum Gasteiger partial charge on any atom is 0.193 e. The number of methoxy groups -OCH3 is 1. The van der Waals surface area contributed by atoms with Crippen molar-refractivity contribution >= 4 is 19.1 Å².